The van der Waals surface area contributed by atoms with Gasteiger partial charge >= 0.3 is 0 Å². The first-order chi connectivity index (χ1) is 14.4. The lowest BCUT2D eigenvalue weighted by atomic mass is 9.87. The third-order valence-corrected chi connectivity index (χ3v) is 5.58. The number of hydrogen-bond donors (Lipinski definition) is 1. The third-order valence-electron chi connectivity index (χ3n) is 5.36. The zero-order chi connectivity index (χ0) is 21.3. The molecule has 154 valence electrons. The Kier molecular flexibility index (Phi) is 5.56. The van der Waals surface area contributed by atoms with Gasteiger partial charge in [0.2, 0.25) is 0 Å². The van der Waals surface area contributed by atoms with Gasteiger partial charge in [0.25, 0.3) is 5.91 Å². The van der Waals surface area contributed by atoms with Crippen molar-refractivity contribution in [3.05, 3.63) is 94.0 Å². The maximum Gasteiger partial charge on any atom is 0.256 e. The van der Waals surface area contributed by atoms with Gasteiger partial charge in [0.1, 0.15) is 0 Å². The van der Waals surface area contributed by atoms with Gasteiger partial charge in [0, 0.05) is 43.2 Å². The summed E-state index contributed by atoms with van der Waals surface area (Å²) in [5.74, 6) is -0.157. The van der Waals surface area contributed by atoms with E-state index in [0.29, 0.717) is 34.8 Å². The van der Waals surface area contributed by atoms with Gasteiger partial charge in [-0.3, -0.25) is 14.8 Å². The van der Waals surface area contributed by atoms with Crippen LogP contribution >= 0.6 is 11.6 Å². The third kappa shape index (κ3) is 3.94. The summed E-state index contributed by atoms with van der Waals surface area (Å²) in [6.07, 6.45) is 4.85. The van der Waals surface area contributed by atoms with E-state index in [-0.39, 0.29) is 5.91 Å². The summed E-state index contributed by atoms with van der Waals surface area (Å²) in [5, 5.41) is 11.6. The van der Waals surface area contributed by atoms with E-state index in [1.165, 1.54) is 0 Å². The van der Waals surface area contributed by atoms with Crippen LogP contribution in [0.3, 0.4) is 0 Å². The van der Waals surface area contributed by atoms with E-state index < -0.39 is 11.8 Å². The molecule has 0 saturated heterocycles. The van der Waals surface area contributed by atoms with Crippen molar-refractivity contribution in [1.82, 2.24) is 14.9 Å². The summed E-state index contributed by atoms with van der Waals surface area (Å²) >= 11 is 5.91. The molecule has 1 aliphatic rings. The number of ether oxygens (including phenoxy) is 1. The van der Waals surface area contributed by atoms with Gasteiger partial charge in [0.05, 0.1) is 22.9 Å². The Morgan fingerprint density at radius 3 is 2.63 bits per heavy atom. The van der Waals surface area contributed by atoms with Gasteiger partial charge in [-0.1, -0.05) is 23.7 Å². The Bertz CT molecular complexity index is 1060. The summed E-state index contributed by atoms with van der Waals surface area (Å²) in [5.41, 5.74) is 2.53. The number of carbonyl (C=O) groups is 1. The zero-order valence-corrected chi connectivity index (χ0v) is 17.5. The number of carbonyl (C=O) groups excluding carboxylic acids is 1. The van der Waals surface area contributed by atoms with Gasteiger partial charge in [-0.05, 0) is 48.4 Å². The van der Waals surface area contributed by atoms with Crippen molar-refractivity contribution in [2.24, 2.45) is 0 Å². The van der Waals surface area contributed by atoms with Crippen LogP contribution in [0, 0.1) is 0 Å². The number of methoxy groups -OCH3 is 1. The lowest BCUT2D eigenvalue weighted by molar-refractivity contribution is -0.0167. The average molecular weight is 424 g/mol. The van der Waals surface area contributed by atoms with Gasteiger partial charge in [-0.2, -0.15) is 0 Å². The van der Waals surface area contributed by atoms with Crippen LogP contribution in [0.15, 0.2) is 61.1 Å². The highest BCUT2D eigenvalue weighted by Gasteiger charge is 2.38. The van der Waals surface area contributed by atoms with Crippen LogP contribution in [0.25, 0.3) is 0 Å². The molecule has 1 aliphatic heterocycles. The van der Waals surface area contributed by atoms with Crippen LogP contribution in [0.4, 0.5) is 0 Å². The van der Waals surface area contributed by atoms with E-state index in [9.17, 15) is 9.90 Å². The van der Waals surface area contributed by atoms with Crippen molar-refractivity contribution in [1.29, 1.82) is 0 Å². The average Bonchev–Trinajstić information content (AvgIpc) is 3.00. The minimum Gasteiger partial charge on any atom is -0.385 e. The SMILES string of the molecule is COC1c2ccc(C(C)(O)Cc3ccncc3)cc2C(=O)N1Cc1ccc(Cl)cn1. The number of fused-ring (bicyclic) bond motifs is 1. The molecule has 4 rings (SSSR count). The Balaban J connectivity index is 1.62. The van der Waals surface area contributed by atoms with Crippen LogP contribution in [-0.4, -0.2) is 33.0 Å². The van der Waals surface area contributed by atoms with E-state index in [1.807, 2.05) is 24.3 Å². The lowest BCUT2D eigenvalue weighted by Crippen LogP contribution is -2.29. The number of aromatic nitrogens is 2. The molecule has 3 heterocycles. The second-order valence-corrected chi connectivity index (χ2v) is 8.03. The number of benzene rings is 1. The zero-order valence-electron chi connectivity index (χ0n) is 16.7. The van der Waals surface area contributed by atoms with Crippen LogP contribution < -0.4 is 0 Å². The molecule has 0 aliphatic carbocycles. The predicted octanol–water partition coefficient (Wildman–Crippen LogP) is 3.88. The van der Waals surface area contributed by atoms with Gasteiger partial charge < -0.3 is 14.7 Å². The molecule has 30 heavy (non-hydrogen) atoms. The molecule has 2 atom stereocenters. The van der Waals surface area contributed by atoms with Crippen molar-refractivity contribution >= 4 is 17.5 Å². The molecule has 1 amide bonds. The Morgan fingerprint density at radius 2 is 1.97 bits per heavy atom. The first kappa shape index (κ1) is 20.5. The molecule has 0 spiro atoms. The number of hydrogen-bond acceptors (Lipinski definition) is 5. The minimum atomic E-state index is -1.13. The fourth-order valence-electron chi connectivity index (χ4n) is 3.80. The molecular weight excluding hydrogens is 402 g/mol. The Morgan fingerprint density at radius 1 is 1.20 bits per heavy atom. The van der Waals surface area contributed by atoms with Crippen molar-refractivity contribution in [3.63, 3.8) is 0 Å². The Hall–Kier alpha value is -2.80. The lowest BCUT2D eigenvalue weighted by Gasteiger charge is -2.25. The number of halogens is 1. The molecule has 0 bridgehead atoms. The molecule has 1 aromatic carbocycles. The molecule has 3 aromatic rings. The smallest absolute Gasteiger partial charge is 0.256 e. The first-order valence-corrected chi connectivity index (χ1v) is 9.97. The molecule has 0 radical (unpaired) electrons. The number of pyridine rings is 2. The van der Waals surface area contributed by atoms with E-state index in [0.717, 1.165) is 11.1 Å². The summed E-state index contributed by atoms with van der Waals surface area (Å²) in [6.45, 7) is 2.05. The molecule has 0 fully saturated rings. The number of rotatable bonds is 6. The van der Waals surface area contributed by atoms with Crippen molar-refractivity contribution in [3.8, 4) is 0 Å². The molecule has 2 aromatic heterocycles. The van der Waals surface area contributed by atoms with Gasteiger partial charge in [-0.15, -0.1) is 0 Å². The summed E-state index contributed by atoms with van der Waals surface area (Å²) in [7, 11) is 1.57. The predicted molar refractivity (Wildman–Crippen MR) is 113 cm³/mol. The molecule has 7 heteroatoms. The van der Waals surface area contributed by atoms with E-state index in [2.05, 4.69) is 9.97 Å². The Labute approximate surface area is 180 Å². The monoisotopic (exact) mass is 423 g/mol. The first-order valence-electron chi connectivity index (χ1n) is 9.59. The maximum absolute atomic E-state index is 13.2. The summed E-state index contributed by atoms with van der Waals surface area (Å²) < 4.78 is 5.62. The summed E-state index contributed by atoms with van der Waals surface area (Å²) in [6, 6.07) is 12.7. The second-order valence-electron chi connectivity index (χ2n) is 7.60. The normalized spacial score (nSPS) is 17.7. The number of amides is 1. The van der Waals surface area contributed by atoms with E-state index in [4.69, 9.17) is 16.3 Å². The van der Waals surface area contributed by atoms with Crippen molar-refractivity contribution in [2.45, 2.75) is 31.7 Å². The largest absolute Gasteiger partial charge is 0.385 e. The van der Waals surface area contributed by atoms with Gasteiger partial charge in [-0.25, -0.2) is 0 Å². The highest BCUT2D eigenvalue weighted by atomic mass is 35.5. The van der Waals surface area contributed by atoms with Crippen molar-refractivity contribution < 1.29 is 14.6 Å². The fourth-order valence-corrected chi connectivity index (χ4v) is 3.92. The number of aliphatic hydroxyl groups is 1. The molecular formula is C23H22ClN3O3. The number of nitrogens with zero attached hydrogens (tertiary/aromatic N) is 3. The highest BCUT2D eigenvalue weighted by Crippen LogP contribution is 2.38. The molecule has 0 saturated carbocycles. The standard InChI is InChI=1S/C23H22ClN3O3/c1-23(29,12-15-7-9-25-10-8-15)16-3-6-19-20(11-16)21(28)27(22(19)30-2)14-18-5-4-17(24)13-26-18/h3-11,13,22,29H,12,14H2,1-2H3. The van der Waals surface area contributed by atoms with Crippen molar-refractivity contribution in [2.75, 3.05) is 7.11 Å². The van der Waals surface area contributed by atoms with Crippen LogP contribution in [0.1, 0.15) is 45.9 Å². The van der Waals surface area contributed by atoms with Crippen LogP contribution in [0.2, 0.25) is 5.02 Å². The van der Waals surface area contributed by atoms with Crippen LogP contribution in [-0.2, 0) is 23.3 Å². The quantitative estimate of drug-likeness (QED) is 0.651. The highest BCUT2D eigenvalue weighted by molar-refractivity contribution is 6.30. The van der Waals surface area contributed by atoms with Crippen LogP contribution in [0.5, 0.6) is 0 Å². The fraction of sp³-hybridized carbons (Fsp3) is 0.261. The molecule has 1 N–H and O–H groups in total. The molecule has 2 unspecified atom stereocenters. The second kappa shape index (κ2) is 8.14. The van der Waals surface area contributed by atoms with E-state index >= 15 is 0 Å². The topological polar surface area (TPSA) is 75.6 Å². The maximum atomic E-state index is 13.2. The molecule has 6 nitrogen and oxygen atoms in total. The minimum absolute atomic E-state index is 0.157. The van der Waals surface area contributed by atoms with Gasteiger partial charge in [0.15, 0.2) is 6.23 Å². The van der Waals surface area contributed by atoms with E-state index in [1.54, 1.807) is 55.7 Å². The summed E-state index contributed by atoms with van der Waals surface area (Å²) in [4.78, 5) is 23.1.